The van der Waals surface area contributed by atoms with Gasteiger partial charge in [-0.25, -0.2) is 4.39 Å². The zero-order chi connectivity index (χ0) is 19.8. The molecule has 0 aliphatic carbocycles. The second kappa shape index (κ2) is 7.81. The number of nitrogens with one attached hydrogen (secondary N) is 2. The number of rotatable bonds is 4. The maximum absolute atomic E-state index is 13.4. The number of nitrogens with zero attached hydrogens (tertiary/aromatic N) is 2. The minimum atomic E-state index is -0.197. The van der Waals surface area contributed by atoms with Gasteiger partial charge in [0.05, 0.1) is 10.4 Å². The van der Waals surface area contributed by atoms with Crippen LogP contribution in [0.25, 0.3) is 17.1 Å². The van der Waals surface area contributed by atoms with Gasteiger partial charge < -0.3 is 15.2 Å². The molecule has 0 saturated carbocycles. The molecule has 1 aromatic heterocycles. The van der Waals surface area contributed by atoms with Gasteiger partial charge in [-0.1, -0.05) is 17.7 Å². The number of hydrogen-bond acceptors (Lipinski definition) is 3. The van der Waals surface area contributed by atoms with E-state index in [0.29, 0.717) is 5.92 Å². The van der Waals surface area contributed by atoms with Crippen LogP contribution in [0.2, 0.25) is 5.02 Å². The standard InChI is InChI=1S/C23H24ClFN4/c24-20-2-1-3-21-19(20)14-27-23(28-21)15-6-9-29(10-7-15)11-8-16-13-26-22-12-17(25)4-5-18(16)22/h1-5,12-15,23,26-27H,6-11H2. The first-order valence-corrected chi connectivity index (χ1v) is 10.6. The highest BCUT2D eigenvalue weighted by Crippen LogP contribution is 2.24. The van der Waals surface area contributed by atoms with Gasteiger partial charge in [-0.3, -0.25) is 4.99 Å². The molecule has 3 heterocycles. The normalized spacial score (nSPS) is 20.0. The molecule has 1 unspecified atom stereocenters. The molecule has 2 N–H and O–H groups in total. The number of benzene rings is 2. The van der Waals surface area contributed by atoms with E-state index in [1.807, 2.05) is 36.7 Å². The molecule has 1 saturated heterocycles. The van der Waals surface area contributed by atoms with E-state index < -0.39 is 0 Å². The van der Waals surface area contributed by atoms with Crippen LogP contribution in [0.5, 0.6) is 0 Å². The number of aromatic amines is 1. The molecule has 6 heteroatoms. The highest BCUT2D eigenvalue weighted by molar-refractivity contribution is 6.30. The van der Waals surface area contributed by atoms with Gasteiger partial charge in [0, 0.05) is 41.0 Å². The number of fused-ring (bicyclic) bond motifs is 2. The molecule has 2 aliphatic heterocycles. The summed E-state index contributed by atoms with van der Waals surface area (Å²) in [5.41, 5.74) is 2.13. The van der Waals surface area contributed by atoms with Crippen molar-refractivity contribution >= 4 is 28.7 Å². The van der Waals surface area contributed by atoms with Gasteiger partial charge in [-0.15, -0.1) is 0 Å². The molecule has 5 rings (SSSR count). The van der Waals surface area contributed by atoms with E-state index in [4.69, 9.17) is 16.6 Å². The van der Waals surface area contributed by atoms with Crippen LogP contribution in [-0.4, -0.2) is 35.7 Å². The van der Waals surface area contributed by atoms with Crippen LogP contribution in [0.15, 0.2) is 47.6 Å². The van der Waals surface area contributed by atoms with E-state index in [2.05, 4.69) is 15.2 Å². The molecular formula is C23H24ClFN4. The number of likely N-dealkylation sites (tertiary alicyclic amines) is 1. The molecule has 1 fully saturated rings. The summed E-state index contributed by atoms with van der Waals surface area (Å²) in [7, 11) is 0. The maximum Gasteiger partial charge on any atom is 0.125 e. The second-order valence-corrected chi connectivity index (χ2v) is 8.40. The fourth-order valence-corrected chi connectivity index (χ4v) is 4.74. The van der Waals surface area contributed by atoms with Crippen LogP contribution in [0.3, 0.4) is 0 Å². The molecule has 2 aliphatic rings. The Labute approximate surface area is 174 Å². The van der Waals surface area contributed by atoms with Gasteiger partial charge in [0.2, 0.25) is 0 Å². The zero-order valence-corrected chi connectivity index (χ0v) is 16.9. The van der Waals surface area contributed by atoms with Gasteiger partial charge >= 0.3 is 0 Å². The molecule has 29 heavy (non-hydrogen) atoms. The van der Waals surface area contributed by atoms with E-state index in [9.17, 15) is 4.39 Å². The van der Waals surface area contributed by atoms with Gasteiger partial charge in [0.1, 0.15) is 12.0 Å². The number of hydrogen-bond donors (Lipinski definition) is 2. The van der Waals surface area contributed by atoms with Crippen LogP contribution < -0.4 is 15.9 Å². The molecule has 150 valence electrons. The van der Waals surface area contributed by atoms with Crippen LogP contribution in [0.4, 0.5) is 4.39 Å². The highest BCUT2D eigenvalue weighted by Gasteiger charge is 2.26. The summed E-state index contributed by atoms with van der Waals surface area (Å²) >= 11 is 6.26. The molecular weight excluding hydrogens is 387 g/mol. The van der Waals surface area contributed by atoms with Crippen molar-refractivity contribution in [3.8, 4) is 0 Å². The third kappa shape index (κ3) is 3.77. The molecule has 2 aromatic carbocycles. The summed E-state index contributed by atoms with van der Waals surface area (Å²) in [6, 6.07) is 10.9. The summed E-state index contributed by atoms with van der Waals surface area (Å²) in [6.07, 6.45) is 7.39. The van der Waals surface area contributed by atoms with E-state index in [1.54, 1.807) is 6.07 Å². The van der Waals surface area contributed by atoms with E-state index in [-0.39, 0.29) is 12.0 Å². The average Bonchev–Trinajstić information content (AvgIpc) is 3.14. The molecule has 0 amide bonds. The Hall–Kier alpha value is -2.37. The Morgan fingerprint density at radius 1 is 1.17 bits per heavy atom. The third-order valence-corrected chi connectivity index (χ3v) is 6.54. The molecule has 0 bridgehead atoms. The predicted octanol–water partition coefficient (Wildman–Crippen LogP) is 3.20. The molecule has 3 aromatic rings. The van der Waals surface area contributed by atoms with Crippen molar-refractivity contribution in [2.75, 3.05) is 19.6 Å². The van der Waals surface area contributed by atoms with Crippen molar-refractivity contribution in [1.82, 2.24) is 15.2 Å². The molecule has 4 nitrogen and oxygen atoms in total. The Morgan fingerprint density at radius 2 is 2.03 bits per heavy atom. The van der Waals surface area contributed by atoms with Crippen molar-refractivity contribution < 1.29 is 4.39 Å². The van der Waals surface area contributed by atoms with Gasteiger partial charge in [0.15, 0.2) is 0 Å². The number of H-pyrrole nitrogens is 1. The van der Waals surface area contributed by atoms with Crippen molar-refractivity contribution in [2.24, 2.45) is 10.9 Å². The summed E-state index contributed by atoms with van der Waals surface area (Å²) in [5, 5.41) is 7.29. The zero-order valence-electron chi connectivity index (χ0n) is 16.2. The number of piperidine rings is 1. The van der Waals surface area contributed by atoms with Gasteiger partial charge in [0.25, 0.3) is 0 Å². The maximum atomic E-state index is 13.4. The fraction of sp³-hybridized carbons (Fsp3) is 0.348. The van der Waals surface area contributed by atoms with Gasteiger partial charge in [-0.05, 0) is 68.2 Å². The lowest BCUT2D eigenvalue weighted by atomic mass is 9.93. The van der Waals surface area contributed by atoms with Crippen molar-refractivity contribution in [2.45, 2.75) is 25.4 Å². The number of aromatic nitrogens is 1. The highest BCUT2D eigenvalue weighted by atomic mass is 35.5. The quantitative estimate of drug-likeness (QED) is 0.693. The molecule has 0 spiro atoms. The topological polar surface area (TPSA) is 43.4 Å². The first-order valence-electron chi connectivity index (χ1n) is 10.2. The van der Waals surface area contributed by atoms with E-state index >= 15 is 0 Å². The van der Waals surface area contributed by atoms with Crippen molar-refractivity contribution in [3.63, 3.8) is 0 Å². The molecule has 1 atom stereocenters. The van der Waals surface area contributed by atoms with Gasteiger partial charge in [-0.2, -0.15) is 0 Å². The Balaban J connectivity index is 1.19. The minimum absolute atomic E-state index is 0.131. The Bertz CT molecular complexity index is 1150. The average molecular weight is 411 g/mol. The van der Waals surface area contributed by atoms with E-state index in [1.165, 1.54) is 11.6 Å². The molecule has 0 radical (unpaired) electrons. The van der Waals surface area contributed by atoms with Crippen molar-refractivity contribution in [1.29, 1.82) is 0 Å². The Kier molecular flexibility index (Phi) is 5.02. The van der Waals surface area contributed by atoms with Crippen LogP contribution in [-0.2, 0) is 6.42 Å². The first-order chi connectivity index (χ1) is 14.2. The predicted molar refractivity (Wildman–Crippen MR) is 115 cm³/mol. The van der Waals surface area contributed by atoms with E-state index in [0.717, 1.165) is 65.4 Å². The summed E-state index contributed by atoms with van der Waals surface area (Å²) in [4.78, 5) is 10.6. The number of halogens is 2. The largest absolute Gasteiger partial charge is 0.369 e. The summed E-state index contributed by atoms with van der Waals surface area (Å²) in [6.45, 7) is 3.19. The third-order valence-electron chi connectivity index (χ3n) is 6.21. The Morgan fingerprint density at radius 3 is 2.90 bits per heavy atom. The summed E-state index contributed by atoms with van der Waals surface area (Å²) in [5.74, 6) is 0.336. The monoisotopic (exact) mass is 410 g/mol. The smallest absolute Gasteiger partial charge is 0.125 e. The fourth-order valence-electron chi connectivity index (χ4n) is 4.51. The lowest BCUT2D eigenvalue weighted by molar-refractivity contribution is 0.165. The van der Waals surface area contributed by atoms with Crippen molar-refractivity contribution in [3.05, 3.63) is 69.6 Å². The minimum Gasteiger partial charge on any atom is -0.369 e. The van der Waals surface area contributed by atoms with Crippen LogP contribution in [0.1, 0.15) is 18.4 Å². The lowest BCUT2D eigenvalue weighted by Crippen LogP contribution is -2.46. The lowest BCUT2D eigenvalue weighted by Gasteiger charge is -2.35. The SMILES string of the molecule is Fc1ccc2c(CCN3CCC(C4N=c5cccc(Cl)c5=CN4)CC3)c[nH]c2c1. The second-order valence-electron chi connectivity index (χ2n) is 7.99. The first kappa shape index (κ1) is 18.6. The van der Waals surface area contributed by atoms with Crippen LogP contribution >= 0.6 is 11.6 Å². The summed E-state index contributed by atoms with van der Waals surface area (Å²) < 4.78 is 13.4. The van der Waals surface area contributed by atoms with Crippen LogP contribution in [0, 0.1) is 11.7 Å².